The Labute approximate surface area is 424 Å². The van der Waals surface area contributed by atoms with Gasteiger partial charge in [-0.2, -0.15) is 9.29 Å². The number of hydrogen-bond donors (Lipinski definition) is 5. The van der Waals surface area contributed by atoms with Crippen molar-refractivity contribution < 1.29 is 66.3 Å². The van der Waals surface area contributed by atoms with E-state index in [-0.39, 0.29) is 18.7 Å². The normalized spacial score (nSPS) is 19.8. The number of aliphatic hydroxyl groups excluding tert-OH is 2. The van der Waals surface area contributed by atoms with E-state index in [0.717, 1.165) is 74.7 Å². The van der Waals surface area contributed by atoms with Gasteiger partial charge in [-0.1, -0.05) is 180 Å². The van der Waals surface area contributed by atoms with Crippen molar-refractivity contribution in [3.63, 3.8) is 0 Å². The van der Waals surface area contributed by atoms with E-state index in [9.17, 15) is 43.5 Å². The molecule has 71 heavy (non-hydrogen) atoms. The maximum Gasteiger partial charge on any atom is 0.481 e. The van der Waals surface area contributed by atoms with E-state index in [1.165, 1.54) is 109 Å². The second kappa shape index (κ2) is 38.8. The molecular weight excluding hydrogens is 957 g/mol. The number of ether oxygens (including phenoxy) is 3. The molecule has 1 aromatic heterocycles. The van der Waals surface area contributed by atoms with Gasteiger partial charge in [0.15, 0.2) is 12.3 Å². The summed E-state index contributed by atoms with van der Waals surface area (Å²) in [6.45, 7) is 4.50. The lowest BCUT2D eigenvalue weighted by Crippen LogP contribution is -2.36. The van der Waals surface area contributed by atoms with Crippen molar-refractivity contribution in [3.8, 4) is 0 Å². The van der Waals surface area contributed by atoms with E-state index >= 15 is 0 Å². The molecule has 0 aromatic carbocycles. The minimum Gasteiger partial charge on any atom is -0.462 e. The molecule has 1 saturated heterocycles. The van der Waals surface area contributed by atoms with E-state index in [4.69, 9.17) is 29.0 Å². The molecule has 2 rings (SSSR count). The number of unbranched alkanes of at least 4 members (excludes halogenated alkanes) is 22. The summed E-state index contributed by atoms with van der Waals surface area (Å²) in [6.07, 6.45) is 32.5. The van der Waals surface area contributed by atoms with Crippen LogP contribution < -0.4 is 11.4 Å². The van der Waals surface area contributed by atoms with Gasteiger partial charge in [-0.05, 0) is 50.5 Å². The molecule has 1 aliphatic rings. The van der Waals surface area contributed by atoms with Crippen LogP contribution in [0, 0.1) is 5.92 Å². The molecule has 8 atom stereocenters. The fourth-order valence-corrected chi connectivity index (χ4v) is 10.2. The van der Waals surface area contributed by atoms with Crippen molar-refractivity contribution in [2.24, 2.45) is 5.92 Å². The van der Waals surface area contributed by atoms with Crippen molar-refractivity contribution in [2.45, 2.75) is 238 Å². The minimum absolute atomic E-state index is 0.0349. The lowest BCUT2D eigenvalue weighted by molar-refractivity contribution is -0.161. The van der Waals surface area contributed by atoms with E-state index in [0.29, 0.717) is 12.8 Å². The number of hydrogen-bond acceptors (Lipinski definition) is 15. The summed E-state index contributed by atoms with van der Waals surface area (Å²) in [5.41, 5.74) is 4.59. The van der Waals surface area contributed by atoms with E-state index in [2.05, 4.69) is 54.4 Å². The largest absolute Gasteiger partial charge is 0.481 e. The molecule has 1 aromatic rings. The Morgan fingerprint density at radius 1 is 0.732 bits per heavy atom. The third kappa shape index (κ3) is 31.6. The first-order valence-electron chi connectivity index (χ1n) is 26.8. The van der Waals surface area contributed by atoms with Crippen molar-refractivity contribution in [3.05, 3.63) is 47.1 Å². The van der Waals surface area contributed by atoms with Crippen LogP contribution in [0.15, 0.2) is 41.4 Å². The number of phosphoric ester groups is 2. The van der Waals surface area contributed by atoms with Crippen LogP contribution in [0.2, 0.25) is 0 Å². The Morgan fingerprint density at radius 2 is 1.24 bits per heavy atom. The zero-order valence-electron chi connectivity index (χ0n) is 43.2. The number of esters is 2. The summed E-state index contributed by atoms with van der Waals surface area (Å²) < 4.78 is 56.9. The maximum atomic E-state index is 12.9. The number of nitrogens with zero attached hydrogens (tertiary/aromatic N) is 2. The second-order valence-electron chi connectivity index (χ2n) is 19.0. The molecule has 18 nitrogen and oxygen atoms in total. The van der Waals surface area contributed by atoms with Gasteiger partial charge < -0.3 is 39.9 Å². The number of phosphoric acid groups is 2. The van der Waals surface area contributed by atoms with Crippen LogP contribution in [-0.4, -0.2) is 85.7 Å². The van der Waals surface area contributed by atoms with Crippen molar-refractivity contribution in [1.29, 1.82) is 0 Å². The van der Waals surface area contributed by atoms with Crippen molar-refractivity contribution in [1.82, 2.24) is 9.55 Å². The van der Waals surface area contributed by atoms with Gasteiger partial charge in [-0.3, -0.25) is 23.2 Å². The van der Waals surface area contributed by atoms with Crippen LogP contribution in [0.25, 0.3) is 0 Å². The van der Waals surface area contributed by atoms with Crippen LogP contribution >= 0.6 is 15.6 Å². The zero-order valence-corrected chi connectivity index (χ0v) is 45.0. The molecule has 0 radical (unpaired) electrons. The molecule has 0 amide bonds. The van der Waals surface area contributed by atoms with Gasteiger partial charge in [0.25, 0.3) is 0 Å². The predicted octanol–water partition coefficient (Wildman–Crippen LogP) is 11.3. The van der Waals surface area contributed by atoms with Gasteiger partial charge in [0, 0.05) is 19.0 Å². The lowest BCUT2D eigenvalue weighted by Gasteiger charge is -2.21. The Morgan fingerprint density at radius 3 is 1.79 bits per heavy atom. The highest BCUT2D eigenvalue weighted by atomic mass is 31.3. The average Bonchev–Trinajstić information content (AvgIpc) is 3.61. The number of aliphatic hydroxyl groups is 2. The van der Waals surface area contributed by atoms with E-state index < -0.39 is 83.7 Å². The van der Waals surface area contributed by atoms with Gasteiger partial charge >= 0.3 is 33.3 Å². The third-order valence-electron chi connectivity index (χ3n) is 12.6. The number of anilines is 1. The average molecular weight is 1050 g/mol. The van der Waals surface area contributed by atoms with Gasteiger partial charge in [0.05, 0.1) is 13.2 Å². The van der Waals surface area contributed by atoms with Crippen LogP contribution in [0.5, 0.6) is 0 Å². The molecule has 4 unspecified atom stereocenters. The summed E-state index contributed by atoms with van der Waals surface area (Å²) in [7, 11) is -10.8. The van der Waals surface area contributed by atoms with Gasteiger partial charge in [-0.15, -0.1) is 0 Å². The number of nitrogens with two attached hydrogens (primary N) is 1. The molecule has 0 aliphatic carbocycles. The van der Waals surface area contributed by atoms with Crippen molar-refractivity contribution in [2.75, 3.05) is 25.6 Å². The number of rotatable bonds is 44. The summed E-state index contributed by atoms with van der Waals surface area (Å²) in [6, 6.07) is 1.25. The van der Waals surface area contributed by atoms with E-state index in [1.807, 2.05) is 0 Å². The molecule has 0 spiro atoms. The number of carbonyl (C=O) groups excluding carboxylic acids is 2. The molecule has 0 saturated carbocycles. The number of allylic oxidation sites excluding steroid dienone is 4. The standard InChI is InChI=1S/C51H91N3O15P2/c1-4-6-7-8-9-10-11-12-13-18-21-24-27-30-33-36-47(56)67-43(39-64-46(55)35-32-29-26-23-20-17-15-14-16-19-22-25-28-31-34-42(3)5-2)40-65-70(60,61)69-71(62,63)66-41-44-48(57)49(58)50(68-44)54-38-37-45(52)53-51(54)59/h10-13,37-38,42-44,48-50,57-58H,4-9,14-36,39-41H2,1-3H3,(H,60,61)(H,62,63)(H2,52,53,59)/b11-10-,13-12-/t42?,43-,44-,48+,49?,50-/m1/s1. The lowest BCUT2D eigenvalue weighted by atomic mass is 9.99. The molecule has 20 heteroatoms. The summed E-state index contributed by atoms with van der Waals surface area (Å²) in [4.78, 5) is 62.0. The van der Waals surface area contributed by atoms with Crippen LogP contribution in [0.4, 0.5) is 5.82 Å². The monoisotopic (exact) mass is 1050 g/mol. The zero-order chi connectivity index (χ0) is 52.2. The molecular formula is C51H91N3O15P2. The minimum atomic E-state index is -5.43. The molecule has 0 bridgehead atoms. The Bertz CT molecular complexity index is 1800. The van der Waals surface area contributed by atoms with Gasteiger partial charge in [0.2, 0.25) is 0 Å². The molecule has 1 fully saturated rings. The third-order valence-corrected chi connectivity index (χ3v) is 15.2. The van der Waals surface area contributed by atoms with Crippen LogP contribution in [-0.2, 0) is 46.3 Å². The highest BCUT2D eigenvalue weighted by Crippen LogP contribution is 2.60. The number of aromatic nitrogens is 2. The SMILES string of the molecule is CCCCCC/C=C\C=C/CCCCCCCC(=O)O[C@H](COC(=O)CCCCCCCCCCCCCCCCC(C)CC)COP(=O)(O)OP(=O)(O)OC[C@H]1O[C@@H](n2ccc(N)nc2=O)C(O)[C@H]1O. The summed E-state index contributed by atoms with van der Waals surface area (Å²) in [5.74, 6) is -0.455. The fraction of sp³-hybridized carbons (Fsp3) is 0.804. The van der Waals surface area contributed by atoms with Crippen LogP contribution in [0.1, 0.15) is 213 Å². The Kier molecular flexibility index (Phi) is 35.1. The van der Waals surface area contributed by atoms with E-state index in [1.54, 1.807) is 0 Å². The Balaban J connectivity index is 1.78. The summed E-state index contributed by atoms with van der Waals surface area (Å²) in [5, 5.41) is 20.9. The topological polar surface area (TPSA) is 265 Å². The molecule has 6 N–H and O–H groups in total. The first-order valence-corrected chi connectivity index (χ1v) is 29.8. The quantitative estimate of drug-likeness (QED) is 0.0176. The van der Waals surface area contributed by atoms with Gasteiger partial charge in [-0.25, -0.2) is 13.9 Å². The fourth-order valence-electron chi connectivity index (χ4n) is 8.05. The molecule has 410 valence electrons. The number of nitrogen functional groups attached to an aromatic ring is 1. The van der Waals surface area contributed by atoms with Crippen molar-refractivity contribution >= 4 is 33.4 Å². The molecule has 1 aliphatic heterocycles. The first-order chi connectivity index (χ1) is 34.1. The molecule has 2 heterocycles. The predicted molar refractivity (Wildman–Crippen MR) is 275 cm³/mol. The first kappa shape index (κ1) is 64.4. The number of carbonyl (C=O) groups is 2. The highest BCUT2D eigenvalue weighted by Gasteiger charge is 2.46. The smallest absolute Gasteiger partial charge is 0.462 e. The van der Waals surface area contributed by atoms with Gasteiger partial charge in [0.1, 0.15) is 30.7 Å². The highest BCUT2D eigenvalue weighted by molar-refractivity contribution is 7.61. The maximum absolute atomic E-state index is 12.9. The summed E-state index contributed by atoms with van der Waals surface area (Å²) >= 11 is 0. The van der Waals surface area contributed by atoms with Crippen LogP contribution in [0.3, 0.4) is 0 Å². The Hall–Kier alpha value is -2.76. The second-order valence-corrected chi connectivity index (χ2v) is 22.1.